The standard InChI is InChI=1S/C20H24N2O3/c23-20(22-25)15-17(13-14-21-24)6-4-5-16-9-11-19(12-10-16)18-7-2-1-3-8-18/h1-3,7-12,14,17,24-25H,4-6,13,15H2,(H,22,23). The molecule has 0 saturated heterocycles. The summed E-state index contributed by atoms with van der Waals surface area (Å²) >= 11 is 0. The lowest BCUT2D eigenvalue weighted by Gasteiger charge is -2.13. The molecule has 3 N–H and O–H groups in total. The van der Waals surface area contributed by atoms with Gasteiger partial charge in [-0.05, 0) is 48.3 Å². The number of carbonyl (C=O) groups excluding carboxylic acids is 1. The lowest BCUT2D eigenvalue weighted by atomic mass is 9.93. The van der Waals surface area contributed by atoms with Gasteiger partial charge >= 0.3 is 0 Å². The zero-order chi connectivity index (χ0) is 17.9. The predicted molar refractivity (Wildman–Crippen MR) is 97.7 cm³/mol. The van der Waals surface area contributed by atoms with Crippen molar-refractivity contribution in [1.82, 2.24) is 5.48 Å². The first-order valence-electron chi connectivity index (χ1n) is 8.46. The van der Waals surface area contributed by atoms with Gasteiger partial charge in [0.15, 0.2) is 0 Å². The number of hydrogen-bond acceptors (Lipinski definition) is 4. The molecule has 0 heterocycles. The van der Waals surface area contributed by atoms with Crippen molar-refractivity contribution in [2.24, 2.45) is 11.1 Å². The molecule has 1 amide bonds. The molecule has 0 aliphatic heterocycles. The number of aryl methyl sites for hydroxylation is 1. The fourth-order valence-corrected chi connectivity index (χ4v) is 2.90. The number of amides is 1. The molecule has 25 heavy (non-hydrogen) atoms. The molecule has 0 saturated carbocycles. The maximum absolute atomic E-state index is 11.3. The lowest BCUT2D eigenvalue weighted by Crippen LogP contribution is -2.22. The van der Waals surface area contributed by atoms with E-state index >= 15 is 0 Å². The van der Waals surface area contributed by atoms with E-state index in [9.17, 15) is 4.79 Å². The van der Waals surface area contributed by atoms with Crippen LogP contribution in [0.5, 0.6) is 0 Å². The molecule has 2 aromatic rings. The Kier molecular flexibility index (Phi) is 7.66. The Morgan fingerprint density at radius 2 is 1.76 bits per heavy atom. The minimum absolute atomic E-state index is 0.0478. The van der Waals surface area contributed by atoms with E-state index in [-0.39, 0.29) is 12.3 Å². The number of hydrogen-bond donors (Lipinski definition) is 3. The van der Waals surface area contributed by atoms with Crippen LogP contribution in [-0.4, -0.2) is 22.5 Å². The minimum Gasteiger partial charge on any atom is -0.411 e. The first-order valence-corrected chi connectivity index (χ1v) is 8.46. The fourth-order valence-electron chi connectivity index (χ4n) is 2.90. The lowest BCUT2D eigenvalue weighted by molar-refractivity contribution is -0.130. The first kappa shape index (κ1) is 18.7. The molecule has 132 valence electrons. The highest BCUT2D eigenvalue weighted by atomic mass is 16.5. The fraction of sp³-hybridized carbons (Fsp3) is 0.300. The highest BCUT2D eigenvalue weighted by Crippen LogP contribution is 2.21. The van der Waals surface area contributed by atoms with E-state index in [0.29, 0.717) is 6.42 Å². The van der Waals surface area contributed by atoms with Gasteiger partial charge in [-0.3, -0.25) is 10.0 Å². The van der Waals surface area contributed by atoms with Crippen molar-refractivity contribution < 1.29 is 15.2 Å². The van der Waals surface area contributed by atoms with Gasteiger partial charge in [0.1, 0.15) is 0 Å². The van der Waals surface area contributed by atoms with E-state index in [2.05, 4.69) is 41.6 Å². The van der Waals surface area contributed by atoms with Crippen LogP contribution in [0.25, 0.3) is 11.1 Å². The summed E-state index contributed by atoms with van der Waals surface area (Å²) in [5, 5.41) is 20.2. The van der Waals surface area contributed by atoms with Gasteiger partial charge in [-0.1, -0.05) is 54.6 Å². The molecule has 0 bridgehead atoms. The van der Waals surface area contributed by atoms with Gasteiger partial charge in [0.2, 0.25) is 5.91 Å². The summed E-state index contributed by atoms with van der Waals surface area (Å²) in [5.41, 5.74) is 5.30. The summed E-state index contributed by atoms with van der Waals surface area (Å²) in [6, 6.07) is 18.8. The average molecular weight is 340 g/mol. The molecule has 0 aliphatic rings. The zero-order valence-corrected chi connectivity index (χ0v) is 14.1. The molecule has 5 nitrogen and oxygen atoms in total. The van der Waals surface area contributed by atoms with Crippen LogP contribution in [-0.2, 0) is 11.2 Å². The van der Waals surface area contributed by atoms with E-state index in [0.717, 1.165) is 19.3 Å². The van der Waals surface area contributed by atoms with Crippen molar-refractivity contribution in [2.45, 2.75) is 32.1 Å². The quantitative estimate of drug-likeness (QED) is 0.279. The van der Waals surface area contributed by atoms with Gasteiger partial charge in [-0.25, -0.2) is 5.48 Å². The van der Waals surface area contributed by atoms with E-state index in [1.54, 1.807) is 5.48 Å². The predicted octanol–water partition coefficient (Wildman–Crippen LogP) is 4.04. The van der Waals surface area contributed by atoms with Crippen LogP contribution in [0.3, 0.4) is 0 Å². The Bertz CT molecular complexity index is 669. The summed E-state index contributed by atoms with van der Waals surface area (Å²) in [4.78, 5) is 11.3. The summed E-state index contributed by atoms with van der Waals surface area (Å²) < 4.78 is 0. The molecule has 5 heteroatoms. The third kappa shape index (κ3) is 6.39. The SMILES string of the molecule is O=C(CC(CC=NO)CCCc1ccc(-c2ccccc2)cc1)NO. The summed E-state index contributed by atoms with van der Waals surface area (Å²) in [5.74, 6) is -0.366. The normalized spacial score (nSPS) is 12.2. The summed E-state index contributed by atoms with van der Waals surface area (Å²) in [6.07, 6.45) is 4.78. The van der Waals surface area contributed by atoms with E-state index < -0.39 is 5.91 Å². The molecule has 1 unspecified atom stereocenters. The molecule has 0 fully saturated rings. The third-order valence-electron chi connectivity index (χ3n) is 4.26. The Morgan fingerprint density at radius 1 is 1.08 bits per heavy atom. The van der Waals surface area contributed by atoms with Gasteiger partial charge in [0, 0.05) is 12.6 Å². The monoisotopic (exact) mass is 340 g/mol. The van der Waals surface area contributed by atoms with Crippen molar-refractivity contribution in [2.75, 3.05) is 0 Å². The molecule has 0 radical (unpaired) electrons. The van der Waals surface area contributed by atoms with Gasteiger partial charge in [0.25, 0.3) is 0 Å². The maximum Gasteiger partial charge on any atom is 0.243 e. The highest BCUT2D eigenvalue weighted by molar-refractivity contribution is 5.75. The van der Waals surface area contributed by atoms with Crippen molar-refractivity contribution >= 4 is 12.1 Å². The molecule has 2 aromatic carbocycles. The second-order valence-electron chi connectivity index (χ2n) is 6.09. The zero-order valence-electron chi connectivity index (χ0n) is 14.1. The van der Waals surface area contributed by atoms with Crippen molar-refractivity contribution in [3.63, 3.8) is 0 Å². The molecule has 0 spiro atoms. The second kappa shape index (κ2) is 10.3. The number of nitrogens with zero attached hydrogens (tertiary/aromatic N) is 1. The van der Waals surface area contributed by atoms with Crippen LogP contribution in [0.2, 0.25) is 0 Å². The van der Waals surface area contributed by atoms with Gasteiger partial charge in [-0.2, -0.15) is 0 Å². The summed E-state index contributed by atoms with van der Waals surface area (Å²) in [7, 11) is 0. The second-order valence-corrected chi connectivity index (χ2v) is 6.09. The number of oxime groups is 1. The maximum atomic E-state index is 11.3. The van der Waals surface area contributed by atoms with Crippen LogP contribution in [0.4, 0.5) is 0 Å². The number of hydroxylamine groups is 1. The molecule has 0 aliphatic carbocycles. The van der Waals surface area contributed by atoms with Gasteiger partial charge < -0.3 is 5.21 Å². The van der Waals surface area contributed by atoms with E-state index in [1.807, 2.05) is 18.2 Å². The molecule has 2 rings (SSSR count). The van der Waals surface area contributed by atoms with E-state index in [4.69, 9.17) is 10.4 Å². The Balaban J connectivity index is 1.86. The van der Waals surface area contributed by atoms with Gasteiger partial charge in [0.05, 0.1) is 0 Å². The van der Waals surface area contributed by atoms with Crippen LogP contribution in [0.1, 0.15) is 31.2 Å². The van der Waals surface area contributed by atoms with Gasteiger partial charge in [-0.15, -0.1) is 5.16 Å². The number of nitrogens with one attached hydrogen (secondary N) is 1. The van der Waals surface area contributed by atoms with Crippen LogP contribution in [0, 0.1) is 5.92 Å². The smallest absolute Gasteiger partial charge is 0.243 e. The third-order valence-corrected chi connectivity index (χ3v) is 4.26. The van der Waals surface area contributed by atoms with Crippen molar-refractivity contribution in [1.29, 1.82) is 0 Å². The Morgan fingerprint density at radius 3 is 2.40 bits per heavy atom. The molecule has 0 aromatic heterocycles. The number of carbonyl (C=O) groups is 1. The van der Waals surface area contributed by atoms with Crippen LogP contribution >= 0.6 is 0 Å². The van der Waals surface area contributed by atoms with E-state index in [1.165, 1.54) is 22.9 Å². The topological polar surface area (TPSA) is 81.9 Å². The van der Waals surface area contributed by atoms with Crippen molar-refractivity contribution in [3.8, 4) is 11.1 Å². The molecular weight excluding hydrogens is 316 g/mol. The minimum atomic E-state index is -0.413. The Hall–Kier alpha value is -2.66. The summed E-state index contributed by atoms with van der Waals surface area (Å²) in [6.45, 7) is 0. The van der Waals surface area contributed by atoms with Crippen LogP contribution < -0.4 is 5.48 Å². The Labute approximate surface area is 148 Å². The average Bonchev–Trinajstić information content (AvgIpc) is 2.67. The molecule has 1 atom stereocenters. The molecular formula is C20H24N2O3. The first-order chi connectivity index (χ1) is 12.2. The highest BCUT2D eigenvalue weighted by Gasteiger charge is 2.12. The number of rotatable bonds is 9. The van der Waals surface area contributed by atoms with Crippen molar-refractivity contribution in [3.05, 3.63) is 60.2 Å². The van der Waals surface area contributed by atoms with Crippen LogP contribution in [0.15, 0.2) is 59.8 Å². The number of benzene rings is 2. The largest absolute Gasteiger partial charge is 0.411 e.